The van der Waals surface area contributed by atoms with Gasteiger partial charge in [-0.25, -0.2) is 0 Å². The van der Waals surface area contributed by atoms with Crippen molar-refractivity contribution in [3.63, 3.8) is 0 Å². The minimum absolute atomic E-state index is 0.569. The van der Waals surface area contributed by atoms with Crippen LogP contribution >= 0.6 is 0 Å². The Balaban J connectivity index is 1.76. The van der Waals surface area contributed by atoms with Crippen LogP contribution in [0.5, 0.6) is 0 Å². The molecule has 0 fully saturated rings. The SMILES string of the molecule is CC(C)c1ccc(-c2ccc3ccc(-c4ccccc4)cc3c2)cc1. The van der Waals surface area contributed by atoms with Crippen LogP contribution in [-0.2, 0) is 0 Å². The highest BCUT2D eigenvalue weighted by Crippen LogP contribution is 2.29. The summed E-state index contributed by atoms with van der Waals surface area (Å²) in [4.78, 5) is 0. The fourth-order valence-electron chi connectivity index (χ4n) is 3.30. The molecular weight excluding hydrogens is 300 g/mol. The van der Waals surface area contributed by atoms with Crippen molar-refractivity contribution < 1.29 is 0 Å². The van der Waals surface area contributed by atoms with Crippen molar-refractivity contribution >= 4 is 10.8 Å². The largest absolute Gasteiger partial charge is 0.0622 e. The normalized spacial score (nSPS) is 11.2. The highest BCUT2D eigenvalue weighted by Gasteiger charge is 2.04. The van der Waals surface area contributed by atoms with Gasteiger partial charge in [0.25, 0.3) is 0 Å². The standard InChI is InChI=1S/C25H22/c1-18(2)19-8-10-21(11-9-19)24-15-13-22-12-14-23(16-25(22)17-24)20-6-4-3-5-7-20/h3-18H,1-2H3. The lowest BCUT2D eigenvalue weighted by molar-refractivity contribution is 0.867. The van der Waals surface area contributed by atoms with Crippen LogP contribution in [0.2, 0.25) is 0 Å². The van der Waals surface area contributed by atoms with E-state index in [1.54, 1.807) is 0 Å². The molecule has 0 heterocycles. The third-order valence-electron chi connectivity index (χ3n) is 4.86. The van der Waals surface area contributed by atoms with Crippen molar-refractivity contribution in [1.29, 1.82) is 0 Å². The van der Waals surface area contributed by atoms with Crippen LogP contribution in [0, 0.1) is 0 Å². The molecule has 0 aromatic heterocycles. The van der Waals surface area contributed by atoms with Gasteiger partial charge in [0.05, 0.1) is 0 Å². The first kappa shape index (κ1) is 15.7. The van der Waals surface area contributed by atoms with Gasteiger partial charge in [0.2, 0.25) is 0 Å². The Morgan fingerprint density at radius 2 is 1.00 bits per heavy atom. The molecule has 0 radical (unpaired) electrons. The van der Waals surface area contributed by atoms with Crippen LogP contribution in [0.25, 0.3) is 33.0 Å². The van der Waals surface area contributed by atoms with E-state index in [9.17, 15) is 0 Å². The van der Waals surface area contributed by atoms with E-state index in [0.717, 1.165) is 0 Å². The van der Waals surface area contributed by atoms with Gasteiger partial charge < -0.3 is 0 Å². The predicted molar refractivity (Wildman–Crippen MR) is 109 cm³/mol. The third-order valence-corrected chi connectivity index (χ3v) is 4.86. The summed E-state index contributed by atoms with van der Waals surface area (Å²) in [5.74, 6) is 0.569. The Morgan fingerprint density at radius 3 is 1.56 bits per heavy atom. The van der Waals surface area contributed by atoms with Crippen molar-refractivity contribution in [3.05, 3.63) is 96.6 Å². The lowest BCUT2D eigenvalue weighted by Crippen LogP contribution is -1.87. The second-order valence-electron chi connectivity index (χ2n) is 6.92. The molecule has 0 saturated carbocycles. The molecule has 4 rings (SSSR count). The van der Waals surface area contributed by atoms with E-state index in [0.29, 0.717) is 5.92 Å². The molecule has 0 nitrogen and oxygen atoms in total. The fourth-order valence-corrected chi connectivity index (χ4v) is 3.30. The number of hydrogen-bond donors (Lipinski definition) is 0. The molecule has 0 aliphatic heterocycles. The minimum atomic E-state index is 0.569. The van der Waals surface area contributed by atoms with Gasteiger partial charge in [-0.15, -0.1) is 0 Å². The van der Waals surface area contributed by atoms with Crippen molar-refractivity contribution in [3.8, 4) is 22.3 Å². The molecule has 0 bridgehead atoms. The van der Waals surface area contributed by atoms with E-state index in [2.05, 4.69) is 105 Å². The summed E-state index contributed by atoms with van der Waals surface area (Å²) in [5.41, 5.74) is 6.46. The zero-order valence-electron chi connectivity index (χ0n) is 14.7. The Morgan fingerprint density at radius 1 is 0.480 bits per heavy atom. The summed E-state index contributed by atoms with van der Waals surface area (Å²) in [6.45, 7) is 4.46. The van der Waals surface area contributed by atoms with E-state index in [1.165, 1.54) is 38.6 Å². The lowest BCUT2D eigenvalue weighted by atomic mass is 9.96. The quantitative estimate of drug-likeness (QED) is 0.371. The van der Waals surface area contributed by atoms with Gasteiger partial charge in [-0.05, 0) is 56.6 Å². The zero-order chi connectivity index (χ0) is 17.2. The zero-order valence-corrected chi connectivity index (χ0v) is 14.7. The monoisotopic (exact) mass is 322 g/mol. The molecule has 0 atom stereocenters. The lowest BCUT2D eigenvalue weighted by Gasteiger charge is -2.09. The van der Waals surface area contributed by atoms with Crippen LogP contribution in [0.4, 0.5) is 0 Å². The van der Waals surface area contributed by atoms with E-state index in [1.807, 2.05) is 0 Å². The summed E-state index contributed by atoms with van der Waals surface area (Å²) < 4.78 is 0. The molecule has 4 aromatic carbocycles. The summed E-state index contributed by atoms with van der Waals surface area (Å²) in [7, 11) is 0. The van der Waals surface area contributed by atoms with Crippen molar-refractivity contribution in [2.24, 2.45) is 0 Å². The van der Waals surface area contributed by atoms with Gasteiger partial charge >= 0.3 is 0 Å². The number of rotatable bonds is 3. The molecule has 0 heteroatoms. The molecule has 0 amide bonds. The van der Waals surface area contributed by atoms with Gasteiger partial charge in [-0.2, -0.15) is 0 Å². The highest BCUT2D eigenvalue weighted by atomic mass is 14.1. The molecule has 0 unspecified atom stereocenters. The van der Waals surface area contributed by atoms with E-state index < -0.39 is 0 Å². The van der Waals surface area contributed by atoms with Crippen molar-refractivity contribution in [1.82, 2.24) is 0 Å². The van der Waals surface area contributed by atoms with Crippen LogP contribution in [0.3, 0.4) is 0 Å². The first-order chi connectivity index (χ1) is 12.2. The molecule has 0 saturated heterocycles. The molecule has 0 spiro atoms. The van der Waals surface area contributed by atoms with Crippen LogP contribution in [-0.4, -0.2) is 0 Å². The number of benzene rings is 4. The Labute approximate surface area is 149 Å². The first-order valence-corrected chi connectivity index (χ1v) is 8.90. The molecule has 122 valence electrons. The first-order valence-electron chi connectivity index (χ1n) is 8.90. The molecule has 0 aliphatic carbocycles. The maximum Gasteiger partial charge on any atom is -0.0172 e. The smallest absolute Gasteiger partial charge is 0.0172 e. The van der Waals surface area contributed by atoms with Gasteiger partial charge in [0, 0.05) is 0 Å². The summed E-state index contributed by atoms with van der Waals surface area (Å²) in [6.07, 6.45) is 0. The number of hydrogen-bond acceptors (Lipinski definition) is 0. The van der Waals surface area contributed by atoms with Crippen LogP contribution in [0.15, 0.2) is 91.0 Å². The maximum absolute atomic E-state index is 2.30. The Hall–Kier alpha value is -2.86. The van der Waals surface area contributed by atoms with E-state index in [4.69, 9.17) is 0 Å². The Kier molecular flexibility index (Phi) is 4.11. The van der Waals surface area contributed by atoms with E-state index >= 15 is 0 Å². The average molecular weight is 322 g/mol. The summed E-state index contributed by atoms with van der Waals surface area (Å²) >= 11 is 0. The maximum atomic E-state index is 2.30. The second kappa shape index (κ2) is 6.57. The molecule has 4 aromatic rings. The summed E-state index contributed by atoms with van der Waals surface area (Å²) in [6, 6.07) is 32.9. The van der Waals surface area contributed by atoms with Crippen molar-refractivity contribution in [2.45, 2.75) is 19.8 Å². The van der Waals surface area contributed by atoms with E-state index in [-0.39, 0.29) is 0 Å². The molecule has 25 heavy (non-hydrogen) atoms. The topological polar surface area (TPSA) is 0 Å². The molecule has 0 N–H and O–H groups in total. The van der Waals surface area contributed by atoms with Crippen LogP contribution in [0.1, 0.15) is 25.3 Å². The Bertz CT molecular complexity index is 993. The van der Waals surface area contributed by atoms with Gasteiger partial charge in [0.1, 0.15) is 0 Å². The number of fused-ring (bicyclic) bond motifs is 1. The van der Waals surface area contributed by atoms with Gasteiger partial charge in [0.15, 0.2) is 0 Å². The van der Waals surface area contributed by atoms with Gasteiger partial charge in [-0.1, -0.05) is 92.7 Å². The average Bonchev–Trinajstić information content (AvgIpc) is 2.68. The third kappa shape index (κ3) is 3.21. The fraction of sp³-hybridized carbons (Fsp3) is 0.120. The minimum Gasteiger partial charge on any atom is -0.0622 e. The van der Waals surface area contributed by atoms with Crippen molar-refractivity contribution in [2.75, 3.05) is 0 Å². The molecule has 0 aliphatic rings. The highest BCUT2D eigenvalue weighted by molar-refractivity contribution is 5.90. The van der Waals surface area contributed by atoms with Crippen LogP contribution < -0.4 is 0 Å². The predicted octanol–water partition coefficient (Wildman–Crippen LogP) is 7.30. The second-order valence-corrected chi connectivity index (χ2v) is 6.92. The van der Waals surface area contributed by atoms with Gasteiger partial charge in [-0.3, -0.25) is 0 Å². The summed E-state index contributed by atoms with van der Waals surface area (Å²) in [5, 5.41) is 2.56. The molecular formula is C25H22.